The summed E-state index contributed by atoms with van der Waals surface area (Å²) in [5.41, 5.74) is 5.05. The van der Waals surface area contributed by atoms with Crippen LogP contribution in [0.3, 0.4) is 0 Å². The molecule has 0 fully saturated rings. The zero-order valence-corrected chi connectivity index (χ0v) is 6.56. The van der Waals surface area contributed by atoms with Crippen LogP contribution in [0.4, 0.5) is 0 Å². The highest BCUT2D eigenvalue weighted by molar-refractivity contribution is 5.85. The number of hydrogen-bond donors (Lipinski definition) is 2. The van der Waals surface area contributed by atoms with E-state index in [2.05, 4.69) is 4.74 Å². The lowest BCUT2D eigenvalue weighted by Gasteiger charge is -2.04. The van der Waals surface area contributed by atoms with E-state index in [-0.39, 0.29) is 25.4 Å². The van der Waals surface area contributed by atoms with Crippen molar-refractivity contribution in [1.29, 1.82) is 0 Å². The van der Waals surface area contributed by atoms with Crippen molar-refractivity contribution >= 4 is 18.4 Å². The molecule has 0 aromatic rings. The molecule has 62 valence electrons. The van der Waals surface area contributed by atoms with Crippen LogP contribution in [0.2, 0.25) is 0 Å². The van der Waals surface area contributed by atoms with Gasteiger partial charge in [-0.25, -0.2) is 4.79 Å². The fourth-order valence-corrected chi connectivity index (χ4v) is 0.412. The summed E-state index contributed by atoms with van der Waals surface area (Å²) in [7, 11) is 1.22. The normalized spacial score (nSPS) is 11.5. The first-order valence-electron chi connectivity index (χ1n) is 2.68. The lowest BCUT2D eigenvalue weighted by Crippen LogP contribution is -2.24. The number of esters is 1. The summed E-state index contributed by atoms with van der Waals surface area (Å²) in [4.78, 5) is 10.4. The molecule has 4 nitrogen and oxygen atoms in total. The molecule has 0 saturated heterocycles. The molecule has 0 spiro atoms. The lowest BCUT2D eigenvalue weighted by molar-refractivity contribution is -0.150. The van der Waals surface area contributed by atoms with Crippen molar-refractivity contribution in [1.82, 2.24) is 0 Å². The summed E-state index contributed by atoms with van der Waals surface area (Å²) >= 11 is 0. The minimum absolute atomic E-state index is 0. The van der Waals surface area contributed by atoms with Crippen LogP contribution in [0.5, 0.6) is 0 Å². The van der Waals surface area contributed by atoms with Crippen LogP contribution in [-0.2, 0) is 9.53 Å². The quantitative estimate of drug-likeness (QED) is 0.548. The van der Waals surface area contributed by atoms with Gasteiger partial charge < -0.3 is 15.6 Å². The Morgan fingerprint density at radius 3 is 2.60 bits per heavy atom. The standard InChI is InChI=1S/C5H11NO3.ClH/c1-9-5(8)4(7)2-3-6;/h4,7H,2-3,6H2,1H3;1H/t4-;/m1./s1. The van der Waals surface area contributed by atoms with Crippen molar-refractivity contribution in [2.45, 2.75) is 12.5 Å². The topological polar surface area (TPSA) is 72.5 Å². The van der Waals surface area contributed by atoms with E-state index >= 15 is 0 Å². The summed E-state index contributed by atoms with van der Waals surface area (Å²) in [6.45, 7) is 0.288. The highest BCUT2D eigenvalue weighted by Gasteiger charge is 2.12. The van der Waals surface area contributed by atoms with Crippen molar-refractivity contribution in [3.63, 3.8) is 0 Å². The number of carbonyl (C=O) groups is 1. The maximum absolute atomic E-state index is 10.4. The average molecular weight is 170 g/mol. The van der Waals surface area contributed by atoms with Gasteiger partial charge in [0.15, 0.2) is 6.10 Å². The van der Waals surface area contributed by atoms with Crippen molar-refractivity contribution in [3.8, 4) is 0 Å². The number of carbonyl (C=O) groups excluding carboxylic acids is 1. The molecule has 0 rings (SSSR count). The van der Waals surface area contributed by atoms with Gasteiger partial charge in [0, 0.05) is 0 Å². The molecule has 0 saturated carbocycles. The second-order valence-electron chi connectivity index (χ2n) is 1.62. The third-order valence-electron chi connectivity index (χ3n) is 0.913. The van der Waals surface area contributed by atoms with E-state index in [1.54, 1.807) is 0 Å². The number of nitrogens with two attached hydrogens (primary N) is 1. The Labute approximate surface area is 65.8 Å². The predicted octanol–water partition coefficient (Wildman–Crippen LogP) is -0.709. The zero-order valence-electron chi connectivity index (χ0n) is 5.74. The van der Waals surface area contributed by atoms with E-state index in [9.17, 15) is 4.79 Å². The van der Waals surface area contributed by atoms with E-state index in [0.29, 0.717) is 0 Å². The number of ether oxygens (including phenoxy) is 1. The van der Waals surface area contributed by atoms with Crippen LogP contribution in [0.1, 0.15) is 6.42 Å². The van der Waals surface area contributed by atoms with Crippen molar-refractivity contribution in [2.24, 2.45) is 5.73 Å². The van der Waals surface area contributed by atoms with E-state index in [4.69, 9.17) is 10.8 Å². The fraction of sp³-hybridized carbons (Fsp3) is 0.800. The molecule has 0 amide bonds. The largest absolute Gasteiger partial charge is 0.467 e. The van der Waals surface area contributed by atoms with Crippen LogP contribution in [-0.4, -0.2) is 30.8 Å². The molecule has 0 aromatic carbocycles. The first kappa shape index (κ1) is 12.4. The number of halogens is 1. The molecule has 0 aliphatic heterocycles. The summed E-state index contributed by atoms with van der Waals surface area (Å²) in [5, 5.41) is 8.76. The van der Waals surface area contributed by atoms with Crippen LogP contribution < -0.4 is 5.73 Å². The van der Waals surface area contributed by atoms with Gasteiger partial charge in [-0.05, 0) is 13.0 Å². The maximum Gasteiger partial charge on any atom is 0.334 e. The molecule has 0 unspecified atom stereocenters. The van der Waals surface area contributed by atoms with Gasteiger partial charge in [0.1, 0.15) is 0 Å². The first-order valence-corrected chi connectivity index (χ1v) is 2.68. The smallest absolute Gasteiger partial charge is 0.334 e. The number of aliphatic hydroxyl groups excluding tert-OH is 1. The zero-order chi connectivity index (χ0) is 7.28. The van der Waals surface area contributed by atoms with E-state index < -0.39 is 12.1 Å². The molecule has 10 heavy (non-hydrogen) atoms. The molecule has 0 aliphatic carbocycles. The molecule has 0 bridgehead atoms. The summed E-state index contributed by atoms with van der Waals surface area (Å²) in [6, 6.07) is 0. The second-order valence-corrected chi connectivity index (χ2v) is 1.62. The molecule has 0 radical (unpaired) electrons. The first-order chi connectivity index (χ1) is 4.22. The molecular weight excluding hydrogens is 158 g/mol. The number of hydrogen-bond acceptors (Lipinski definition) is 4. The van der Waals surface area contributed by atoms with Crippen LogP contribution >= 0.6 is 12.4 Å². The van der Waals surface area contributed by atoms with Crippen LogP contribution in [0.25, 0.3) is 0 Å². The van der Waals surface area contributed by atoms with Crippen molar-refractivity contribution < 1.29 is 14.6 Å². The van der Waals surface area contributed by atoms with Gasteiger partial charge in [0.05, 0.1) is 7.11 Å². The van der Waals surface area contributed by atoms with Gasteiger partial charge >= 0.3 is 5.97 Å². The molecule has 0 heterocycles. The molecular formula is C5H12ClNO3. The molecule has 0 aromatic heterocycles. The maximum atomic E-state index is 10.4. The van der Waals surface area contributed by atoms with Gasteiger partial charge in [0.2, 0.25) is 0 Å². The summed E-state index contributed by atoms with van der Waals surface area (Å²) in [6.07, 6.45) is -0.799. The molecule has 5 heteroatoms. The van der Waals surface area contributed by atoms with E-state index in [1.165, 1.54) is 7.11 Å². The van der Waals surface area contributed by atoms with Crippen LogP contribution in [0, 0.1) is 0 Å². The monoisotopic (exact) mass is 169 g/mol. The minimum Gasteiger partial charge on any atom is -0.467 e. The Morgan fingerprint density at radius 2 is 2.30 bits per heavy atom. The van der Waals surface area contributed by atoms with Gasteiger partial charge in [0.25, 0.3) is 0 Å². The number of methoxy groups -OCH3 is 1. The summed E-state index contributed by atoms with van der Waals surface area (Å²) < 4.78 is 4.22. The molecule has 0 aliphatic rings. The Morgan fingerprint density at radius 1 is 1.80 bits per heavy atom. The van der Waals surface area contributed by atoms with Crippen LogP contribution in [0.15, 0.2) is 0 Å². The Kier molecular flexibility index (Phi) is 8.40. The van der Waals surface area contributed by atoms with Crippen molar-refractivity contribution in [2.75, 3.05) is 13.7 Å². The van der Waals surface area contributed by atoms with Gasteiger partial charge in [-0.1, -0.05) is 0 Å². The number of aliphatic hydroxyl groups is 1. The van der Waals surface area contributed by atoms with Gasteiger partial charge in [-0.2, -0.15) is 0 Å². The van der Waals surface area contributed by atoms with Crippen molar-refractivity contribution in [3.05, 3.63) is 0 Å². The van der Waals surface area contributed by atoms with E-state index in [1.807, 2.05) is 0 Å². The third kappa shape index (κ3) is 4.55. The Balaban J connectivity index is 0. The average Bonchev–Trinajstić information content (AvgIpc) is 1.87. The SMILES string of the molecule is COC(=O)[C@H](O)CCN.Cl. The lowest BCUT2D eigenvalue weighted by atomic mass is 10.2. The van der Waals surface area contributed by atoms with Gasteiger partial charge in [-0.15, -0.1) is 12.4 Å². The Hall–Kier alpha value is -0.320. The number of rotatable bonds is 3. The highest BCUT2D eigenvalue weighted by atomic mass is 35.5. The van der Waals surface area contributed by atoms with Gasteiger partial charge in [-0.3, -0.25) is 0 Å². The Bertz CT molecular complexity index is 98.9. The molecule has 3 N–H and O–H groups in total. The highest BCUT2D eigenvalue weighted by Crippen LogP contribution is 1.90. The predicted molar refractivity (Wildman–Crippen MR) is 38.9 cm³/mol. The molecule has 1 atom stereocenters. The second kappa shape index (κ2) is 6.80. The third-order valence-corrected chi connectivity index (χ3v) is 0.913. The minimum atomic E-state index is -1.06. The summed E-state index contributed by atoms with van der Waals surface area (Å²) in [5.74, 6) is -0.625. The fourth-order valence-electron chi connectivity index (χ4n) is 0.412. The van der Waals surface area contributed by atoms with E-state index in [0.717, 1.165) is 0 Å².